The van der Waals surface area contributed by atoms with Crippen LogP contribution in [0.1, 0.15) is 5.56 Å². The molecule has 0 radical (unpaired) electrons. The minimum atomic E-state index is -0.349. The second-order valence-electron chi connectivity index (χ2n) is 6.21. The van der Waals surface area contributed by atoms with Crippen molar-refractivity contribution >= 4 is 11.6 Å². The summed E-state index contributed by atoms with van der Waals surface area (Å²) < 4.78 is 29.6. The van der Waals surface area contributed by atoms with Gasteiger partial charge in [-0.15, -0.1) is 0 Å². The number of benzene rings is 3. The number of amides is 1. The van der Waals surface area contributed by atoms with Gasteiger partial charge in [-0.1, -0.05) is 36.4 Å². The molecule has 1 N–H and O–H groups in total. The van der Waals surface area contributed by atoms with Crippen LogP contribution in [0.4, 0.5) is 10.1 Å². The molecule has 3 aromatic carbocycles. The van der Waals surface area contributed by atoms with Gasteiger partial charge in [0.05, 0.1) is 6.61 Å². The Morgan fingerprint density at radius 2 is 1.62 bits per heavy atom. The molecular weight excluding hydrogens is 373 g/mol. The molecule has 0 aromatic heterocycles. The first-order valence-corrected chi connectivity index (χ1v) is 9.22. The highest BCUT2D eigenvalue weighted by molar-refractivity contribution is 5.91. The first-order chi connectivity index (χ1) is 14.2. The number of anilines is 1. The summed E-state index contributed by atoms with van der Waals surface area (Å²) in [7, 11) is 0. The fourth-order valence-corrected chi connectivity index (χ4v) is 2.56. The van der Waals surface area contributed by atoms with E-state index in [2.05, 4.69) is 5.32 Å². The van der Waals surface area contributed by atoms with Crippen molar-refractivity contribution < 1.29 is 23.4 Å². The van der Waals surface area contributed by atoms with E-state index >= 15 is 0 Å². The molecule has 1 amide bonds. The van der Waals surface area contributed by atoms with Gasteiger partial charge in [-0.05, 0) is 42.0 Å². The molecule has 5 nitrogen and oxygen atoms in total. The smallest absolute Gasteiger partial charge is 0.250 e. The van der Waals surface area contributed by atoms with E-state index < -0.39 is 0 Å². The summed E-state index contributed by atoms with van der Waals surface area (Å²) in [6.45, 7) is 0.872. The van der Waals surface area contributed by atoms with Gasteiger partial charge in [-0.3, -0.25) is 4.79 Å². The van der Waals surface area contributed by atoms with E-state index in [1.165, 1.54) is 12.1 Å². The average Bonchev–Trinajstić information content (AvgIpc) is 2.73. The molecule has 0 aliphatic heterocycles. The number of rotatable bonds is 10. The maximum absolute atomic E-state index is 13.2. The predicted molar refractivity (Wildman–Crippen MR) is 109 cm³/mol. The van der Waals surface area contributed by atoms with E-state index in [-0.39, 0.29) is 24.9 Å². The van der Waals surface area contributed by atoms with Gasteiger partial charge in [-0.2, -0.15) is 0 Å². The van der Waals surface area contributed by atoms with Crippen LogP contribution in [0, 0.1) is 5.82 Å². The third-order valence-corrected chi connectivity index (χ3v) is 3.89. The number of carbonyl (C=O) groups excluding carboxylic acids is 1. The lowest BCUT2D eigenvalue weighted by molar-refractivity contribution is -0.120. The van der Waals surface area contributed by atoms with Gasteiger partial charge >= 0.3 is 0 Å². The molecular formula is C23H22FNO4. The Hall–Kier alpha value is -3.38. The molecule has 0 aliphatic rings. The van der Waals surface area contributed by atoms with Gasteiger partial charge in [0.15, 0.2) is 0 Å². The van der Waals surface area contributed by atoms with Crippen molar-refractivity contribution in [2.75, 3.05) is 25.1 Å². The molecule has 0 spiro atoms. The molecule has 29 heavy (non-hydrogen) atoms. The molecule has 0 saturated carbocycles. The van der Waals surface area contributed by atoms with Gasteiger partial charge in [0.25, 0.3) is 0 Å². The quantitative estimate of drug-likeness (QED) is 0.516. The third-order valence-electron chi connectivity index (χ3n) is 3.89. The molecule has 6 heteroatoms. The Morgan fingerprint density at radius 1 is 0.828 bits per heavy atom. The van der Waals surface area contributed by atoms with Gasteiger partial charge in [-0.25, -0.2) is 4.39 Å². The van der Waals surface area contributed by atoms with Crippen LogP contribution < -0.4 is 14.8 Å². The van der Waals surface area contributed by atoms with Crippen LogP contribution in [0.15, 0.2) is 78.9 Å². The number of para-hydroxylation sites is 1. The van der Waals surface area contributed by atoms with Crippen molar-refractivity contribution in [1.29, 1.82) is 0 Å². The zero-order valence-corrected chi connectivity index (χ0v) is 15.8. The molecule has 0 saturated heterocycles. The van der Waals surface area contributed by atoms with Crippen LogP contribution in [0.25, 0.3) is 0 Å². The standard InChI is InChI=1S/C23H22FNO4/c24-19-7-5-11-22(15-19)29-16-18-6-4-8-20(14-18)25-23(26)17-27-12-13-28-21-9-2-1-3-10-21/h1-11,14-15H,12-13,16-17H2,(H,25,26). The maximum Gasteiger partial charge on any atom is 0.250 e. The number of carbonyl (C=O) groups is 1. The fraction of sp³-hybridized carbons (Fsp3) is 0.174. The van der Waals surface area contributed by atoms with Gasteiger partial charge < -0.3 is 19.5 Å². The van der Waals surface area contributed by atoms with Gasteiger partial charge in [0.2, 0.25) is 5.91 Å². The average molecular weight is 395 g/mol. The van der Waals surface area contributed by atoms with Crippen LogP contribution in [0.2, 0.25) is 0 Å². The Balaban J connectivity index is 1.38. The number of hydrogen-bond donors (Lipinski definition) is 1. The largest absolute Gasteiger partial charge is 0.491 e. The monoisotopic (exact) mass is 395 g/mol. The Bertz CT molecular complexity index is 918. The van der Waals surface area contributed by atoms with Gasteiger partial charge in [0.1, 0.15) is 37.1 Å². The van der Waals surface area contributed by atoms with E-state index in [0.717, 1.165) is 11.3 Å². The van der Waals surface area contributed by atoms with Crippen molar-refractivity contribution in [2.45, 2.75) is 6.61 Å². The molecule has 0 aliphatic carbocycles. The zero-order chi connectivity index (χ0) is 20.3. The van der Waals surface area contributed by atoms with Crippen molar-refractivity contribution in [3.8, 4) is 11.5 Å². The summed E-state index contributed by atoms with van der Waals surface area (Å²) in [6, 6.07) is 22.6. The summed E-state index contributed by atoms with van der Waals surface area (Å²) in [6.07, 6.45) is 0. The number of nitrogens with one attached hydrogen (secondary N) is 1. The lowest BCUT2D eigenvalue weighted by Crippen LogP contribution is -2.20. The molecule has 0 bridgehead atoms. The van der Waals surface area contributed by atoms with Crippen molar-refractivity contribution in [2.24, 2.45) is 0 Å². The number of ether oxygens (including phenoxy) is 3. The summed E-state index contributed by atoms with van der Waals surface area (Å²) >= 11 is 0. The van der Waals surface area contributed by atoms with E-state index in [1.54, 1.807) is 24.3 Å². The Morgan fingerprint density at radius 3 is 2.45 bits per heavy atom. The lowest BCUT2D eigenvalue weighted by Gasteiger charge is -2.10. The minimum absolute atomic E-state index is 0.0673. The molecule has 0 heterocycles. The van der Waals surface area contributed by atoms with Crippen molar-refractivity contribution in [3.05, 3.63) is 90.2 Å². The fourth-order valence-electron chi connectivity index (χ4n) is 2.56. The van der Waals surface area contributed by atoms with E-state index in [9.17, 15) is 9.18 Å². The highest BCUT2D eigenvalue weighted by Crippen LogP contribution is 2.16. The topological polar surface area (TPSA) is 56.8 Å². The summed E-state index contributed by atoms with van der Waals surface area (Å²) in [4.78, 5) is 12.0. The molecule has 0 atom stereocenters. The maximum atomic E-state index is 13.2. The lowest BCUT2D eigenvalue weighted by atomic mass is 10.2. The van der Waals surface area contributed by atoms with Crippen LogP contribution in [-0.4, -0.2) is 25.7 Å². The van der Waals surface area contributed by atoms with Crippen LogP contribution in [0.5, 0.6) is 11.5 Å². The van der Waals surface area contributed by atoms with E-state index in [4.69, 9.17) is 14.2 Å². The van der Waals surface area contributed by atoms with E-state index in [0.29, 0.717) is 24.7 Å². The van der Waals surface area contributed by atoms with E-state index in [1.807, 2.05) is 42.5 Å². The predicted octanol–water partition coefficient (Wildman–Crippen LogP) is 4.44. The molecule has 0 fully saturated rings. The Labute approximate surface area is 169 Å². The summed E-state index contributed by atoms with van der Waals surface area (Å²) in [5.41, 5.74) is 1.49. The first-order valence-electron chi connectivity index (χ1n) is 9.22. The molecule has 0 unspecified atom stereocenters. The van der Waals surface area contributed by atoms with Crippen molar-refractivity contribution in [1.82, 2.24) is 0 Å². The van der Waals surface area contributed by atoms with Gasteiger partial charge in [0, 0.05) is 11.8 Å². The van der Waals surface area contributed by atoms with Crippen LogP contribution >= 0.6 is 0 Å². The third kappa shape index (κ3) is 7.27. The minimum Gasteiger partial charge on any atom is -0.491 e. The SMILES string of the molecule is O=C(COCCOc1ccccc1)Nc1cccc(COc2cccc(F)c2)c1. The molecule has 150 valence electrons. The van der Waals surface area contributed by atoms with Crippen molar-refractivity contribution in [3.63, 3.8) is 0 Å². The normalized spacial score (nSPS) is 10.4. The molecule has 3 rings (SSSR count). The zero-order valence-electron chi connectivity index (χ0n) is 15.8. The van der Waals surface area contributed by atoms with Crippen LogP contribution in [0.3, 0.4) is 0 Å². The highest BCUT2D eigenvalue weighted by Gasteiger charge is 2.04. The summed E-state index contributed by atoms with van der Waals surface area (Å²) in [5, 5.41) is 2.78. The number of halogens is 1. The summed E-state index contributed by atoms with van der Waals surface area (Å²) in [5.74, 6) is 0.606. The Kier molecular flexibility index (Phi) is 7.60. The second kappa shape index (κ2) is 10.8. The molecule has 3 aromatic rings. The first kappa shape index (κ1) is 20.4. The van der Waals surface area contributed by atoms with Crippen LogP contribution in [-0.2, 0) is 16.1 Å². The highest BCUT2D eigenvalue weighted by atomic mass is 19.1. The number of hydrogen-bond acceptors (Lipinski definition) is 4. The second-order valence-corrected chi connectivity index (χ2v) is 6.21.